The molecule has 1 aliphatic carbocycles. The van der Waals surface area contributed by atoms with Gasteiger partial charge in [-0.25, -0.2) is 9.59 Å². The van der Waals surface area contributed by atoms with Gasteiger partial charge in [-0.2, -0.15) is 0 Å². The number of amides is 1. The molecule has 2 aromatic rings. The monoisotopic (exact) mass is 528 g/mol. The molecule has 38 heavy (non-hydrogen) atoms. The second-order valence-electron chi connectivity index (χ2n) is 9.46. The molecule has 0 bridgehead atoms. The van der Waals surface area contributed by atoms with E-state index in [1.54, 1.807) is 14.2 Å². The summed E-state index contributed by atoms with van der Waals surface area (Å²) in [7, 11) is 3.18. The van der Waals surface area contributed by atoms with Crippen LogP contribution in [0.15, 0.2) is 42.5 Å². The average Bonchev–Trinajstić information content (AvgIpc) is 3.50. The van der Waals surface area contributed by atoms with Crippen molar-refractivity contribution >= 4 is 23.5 Å². The number of nitrogens with one attached hydrogen (secondary N) is 1. The van der Waals surface area contributed by atoms with Crippen molar-refractivity contribution in [2.24, 2.45) is 11.8 Å². The molecule has 2 atom stereocenters. The first kappa shape index (κ1) is 28.8. The molecule has 2 fully saturated rings. The molecule has 2 aliphatic rings. The van der Waals surface area contributed by atoms with E-state index in [-0.39, 0.29) is 12.3 Å². The third-order valence-electron chi connectivity index (χ3n) is 6.82. The number of ether oxygens (including phenoxy) is 3. The predicted octanol–water partition coefficient (Wildman–Crippen LogP) is 3.54. The van der Waals surface area contributed by atoms with Gasteiger partial charge in [0.2, 0.25) is 5.91 Å². The molecule has 1 aliphatic heterocycles. The Morgan fingerprint density at radius 3 is 2.13 bits per heavy atom. The van der Waals surface area contributed by atoms with E-state index >= 15 is 0 Å². The number of carbonyl (C=O) groups excluding carboxylic acids is 1. The second kappa shape index (κ2) is 14.2. The number of carboxylic acids is 2. The van der Waals surface area contributed by atoms with E-state index in [2.05, 4.69) is 10.2 Å². The first-order valence-electron chi connectivity index (χ1n) is 12.7. The van der Waals surface area contributed by atoms with Gasteiger partial charge < -0.3 is 34.6 Å². The van der Waals surface area contributed by atoms with Crippen LogP contribution >= 0.6 is 0 Å². The van der Waals surface area contributed by atoms with Gasteiger partial charge in [0, 0.05) is 25.3 Å². The SMILES string of the molecule is COc1ccc(CC(=O)Nc2ccc(OCCCN3CC4CCCC4C3)cc2)cc1OC.O=C(O)C(=O)O. The molecular formula is C28H36N2O8. The number of carbonyl (C=O) groups is 3. The highest BCUT2D eigenvalue weighted by molar-refractivity contribution is 6.27. The molecule has 0 radical (unpaired) electrons. The minimum Gasteiger partial charge on any atom is -0.494 e. The normalized spacial score (nSPS) is 18.1. The molecule has 206 valence electrons. The van der Waals surface area contributed by atoms with Gasteiger partial charge in [0.05, 0.1) is 27.2 Å². The number of anilines is 1. The zero-order chi connectivity index (χ0) is 27.5. The largest absolute Gasteiger partial charge is 0.494 e. The predicted molar refractivity (Wildman–Crippen MR) is 141 cm³/mol. The van der Waals surface area contributed by atoms with Crippen LogP contribution in [0.5, 0.6) is 17.2 Å². The molecular weight excluding hydrogens is 492 g/mol. The van der Waals surface area contributed by atoms with Crippen LogP contribution in [-0.4, -0.2) is 73.4 Å². The van der Waals surface area contributed by atoms with Gasteiger partial charge >= 0.3 is 11.9 Å². The highest BCUT2D eigenvalue weighted by Crippen LogP contribution is 2.37. The van der Waals surface area contributed by atoms with Crippen LogP contribution in [0.4, 0.5) is 5.69 Å². The Bertz CT molecular complexity index is 1060. The van der Waals surface area contributed by atoms with Crippen molar-refractivity contribution in [3.63, 3.8) is 0 Å². The van der Waals surface area contributed by atoms with Crippen LogP contribution in [0.2, 0.25) is 0 Å². The standard InChI is InChI=1S/C26H34N2O4.C2H2O4/c1-30-24-12-7-19(15-25(24)31-2)16-26(29)27-22-8-10-23(11-9-22)32-14-4-13-28-17-20-5-3-6-21(20)18-28;3-1(4)2(5)6/h7-12,15,20-21H,3-6,13-14,16-18H2,1-2H3,(H,27,29);(H,3,4)(H,5,6). The van der Waals surface area contributed by atoms with Gasteiger partial charge in [0.1, 0.15) is 5.75 Å². The van der Waals surface area contributed by atoms with E-state index in [9.17, 15) is 4.79 Å². The average molecular weight is 529 g/mol. The summed E-state index contributed by atoms with van der Waals surface area (Å²) >= 11 is 0. The van der Waals surface area contributed by atoms with Crippen molar-refractivity contribution in [1.82, 2.24) is 4.90 Å². The van der Waals surface area contributed by atoms with Gasteiger partial charge in [-0.3, -0.25) is 4.79 Å². The van der Waals surface area contributed by atoms with Gasteiger partial charge in [-0.05, 0) is 73.1 Å². The number of nitrogens with zero attached hydrogens (tertiary/aromatic N) is 1. The van der Waals surface area contributed by atoms with Crippen LogP contribution in [0.25, 0.3) is 0 Å². The Morgan fingerprint density at radius 2 is 1.55 bits per heavy atom. The van der Waals surface area contributed by atoms with E-state index in [1.165, 1.54) is 32.4 Å². The lowest BCUT2D eigenvalue weighted by Crippen LogP contribution is -2.24. The van der Waals surface area contributed by atoms with Crippen molar-refractivity contribution in [3.8, 4) is 17.2 Å². The van der Waals surface area contributed by atoms with E-state index in [4.69, 9.17) is 34.0 Å². The van der Waals surface area contributed by atoms with Crippen molar-refractivity contribution in [3.05, 3.63) is 48.0 Å². The van der Waals surface area contributed by atoms with Crippen LogP contribution in [0.3, 0.4) is 0 Å². The van der Waals surface area contributed by atoms with Gasteiger partial charge in [-0.1, -0.05) is 12.5 Å². The number of hydrogen-bond acceptors (Lipinski definition) is 7. The Balaban J connectivity index is 0.000000599. The summed E-state index contributed by atoms with van der Waals surface area (Å²) in [6, 6.07) is 13.1. The Kier molecular flexibility index (Phi) is 10.8. The zero-order valence-corrected chi connectivity index (χ0v) is 21.9. The molecule has 1 heterocycles. The Hall–Kier alpha value is -3.79. The first-order valence-corrected chi connectivity index (χ1v) is 12.7. The lowest BCUT2D eigenvalue weighted by Gasteiger charge is -2.16. The van der Waals surface area contributed by atoms with E-state index in [0.717, 1.165) is 48.4 Å². The lowest BCUT2D eigenvalue weighted by molar-refractivity contribution is -0.159. The number of benzene rings is 2. The van der Waals surface area contributed by atoms with E-state index in [0.29, 0.717) is 11.5 Å². The number of hydrogen-bond donors (Lipinski definition) is 3. The molecule has 2 aromatic carbocycles. The Morgan fingerprint density at radius 1 is 0.921 bits per heavy atom. The molecule has 10 heteroatoms. The fourth-order valence-electron chi connectivity index (χ4n) is 5.01. The number of aliphatic carboxylic acids is 2. The smallest absolute Gasteiger partial charge is 0.414 e. The fraction of sp³-hybridized carbons (Fsp3) is 0.464. The summed E-state index contributed by atoms with van der Waals surface area (Å²) in [6.45, 7) is 4.40. The summed E-state index contributed by atoms with van der Waals surface area (Å²) < 4.78 is 16.4. The number of fused-ring (bicyclic) bond motifs is 1. The highest BCUT2D eigenvalue weighted by atomic mass is 16.5. The van der Waals surface area contributed by atoms with Crippen molar-refractivity contribution in [2.75, 3.05) is 45.8 Å². The first-order chi connectivity index (χ1) is 18.3. The minimum atomic E-state index is -1.82. The molecule has 1 saturated heterocycles. The summed E-state index contributed by atoms with van der Waals surface area (Å²) in [4.78, 5) is 33.2. The minimum absolute atomic E-state index is 0.0822. The van der Waals surface area contributed by atoms with Gasteiger partial charge in [0.25, 0.3) is 0 Å². The maximum atomic E-state index is 12.4. The number of rotatable bonds is 10. The van der Waals surface area contributed by atoms with Crippen LogP contribution in [0.1, 0.15) is 31.2 Å². The van der Waals surface area contributed by atoms with Gasteiger partial charge in [-0.15, -0.1) is 0 Å². The van der Waals surface area contributed by atoms with E-state index < -0.39 is 11.9 Å². The Labute approximate surface area is 222 Å². The van der Waals surface area contributed by atoms with Crippen molar-refractivity contribution in [2.45, 2.75) is 32.1 Å². The quantitative estimate of drug-likeness (QED) is 0.313. The van der Waals surface area contributed by atoms with Crippen molar-refractivity contribution < 1.29 is 38.8 Å². The second-order valence-corrected chi connectivity index (χ2v) is 9.46. The maximum Gasteiger partial charge on any atom is 0.414 e. The summed E-state index contributed by atoms with van der Waals surface area (Å²) in [5, 5.41) is 17.7. The van der Waals surface area contributed by atoms with Gasteiger partial charge in [0.15, 0.2) is 11.5 Å². The molecule has 0 spiro atoms. The summed E-state index contributed by atoms with van der Waals surface area (Å²) in [5.41, 5.74) is 1.62. The molecule has 10 nitrogen and oxygen atoms in total. The molecule has 2 unspecified atom stereocenters. The number of carboxylic acid groups (broad SMARTS) is 2. The molecule has 4 rings (SSSR count). The third kappa shape index (κ3) is 8.65. The maximum absolute atomic E-state index is 12.4. The molecule has 1 saturated carbocycles. The number of likely N-dealkylation sites (tertiary alicyclic amines) is 1. The van der Waals surface area contributed by atoms with Crippen LogP contribution in [-0.2, 0) is 20.8 Å². The van der Waals surface area contributed by atoms with Crippen LogP contribution < -0.4 is 19.5 Å². The number of methoxy groups -OCH3 is 2. The third-order valence-corrected chi connectivity index (χ3v) is 6.82. The van der Waals surface area contributed by atoms with Crippen molar-refractivity contribution in [1.29, 1.82) is 0 Å². The highest BCUT2D eigenvalue weighted by Gasteiger charge is 2.35. The van der Waals surface area contributed by atoms with Crippen LogP contribution in [0, 0.1) is 11.8 Å². The fourth-order valence-corrected chi connectivity index (χ4v) is 5.01. The molecule has 0 aromatic heterocycles. The van der Waals surface area contributed by atoms with E-state index in [1.807, 2.05) is 42.5 Å². The summed E-state index contributed by atoms with van der Waals surface area (Å²) in [5.74, 6) is 0.269. The lowest BCUT2D eigenvalue weighted by atomic mass is 10.0. The zero-order valence-electron chi connectivity index (χ0n) is 21.9. The topological polar surface area (TPSA) is 135 Å². The molecule has 1 amide bonds. The molecule has 3 N–H and O–H groups in total. The summed E-state index contributed by atoms with van der Waals surface area (Å²) in [6.07, 6.45) is 5.59.